The fourth-order valence-electron chi connectivity index (χ4n) is 3.86. The normalized spacial score (nSPS) is 15.8. The van der Waals surface area contributed by atoms with Gasteiger partial charge < -0.3 is 5.32 Å². The maximum atomic E-state index is 13.0. The van der Waals surface area contributed by atoms with Crippen LogP contribution in [0.5, 0.6) is 0 Å². The summed E-state index contributed by atoms with van der Waals surface area (Å²) in [6, 6.07) is 11.9. The van der Waals surface area contributed by atoms with Crippen LogP contribution in [-0.4, -0.2) is 57.5 Å². The third kappa shape index (κ3) is 5.81. The summed E-state index contributed by atoms with van der Waals surface area (Å²) in [6.45, 7) is 5.26. The van der Waals surface area contributed by atoms with E-state index in [1.807, 2.05) is 0 Å². The van der Waals surface area contributed by atoms with Crippen LogP contribution < -0.4 is 5.32 Å². The summed E-state index contributed by atoms with van der Waals surface area (Å²) >= 11 is 0. The van der Waals surface area contributed by atoms with Crippen LogP contribution in [0.25, 0.3) is 0 Å². The minimum atomic E-state index is -3.63. The van der Waals surface area contributed by atoms with Gasteiger partial charge in [-0.15, -0.1) is 0 Å². The molecule has 0 saturated carbocycles. The van der Waals surface area contributed by atoms with Crippen LogP contribution in [0.15, 0.2) is 58.3 Å². The highest BCUT2D eigenvalue weighted by Gasteiger charge is 2.26. The molecule has 0 spiro atoms. The third-order valence-corrected chi connectivity index (χ3v) is 9.71. The van der Waals surface area contributed by atoms with E-state index in [2.05, 4.69) is 5.32 Å². The number of sulfonamides is 2. The molecular weight excluding hydrogens is 462 g/mol. The lowest BCUT2D eigenvalue weighted by atomic mass is 10.2. The highest BCUT2D eigenvalue weighted by molar-refractivity contribution is 7.89. The van der Waals surface area contributed by atoms with Crippen molar-refractivity contribution >= 4 is 31.6 Å². The summed E-state index contributed by atoms with van der Waals surface area (Å²) < 4.78 is 54.2. The molecule has 0 aromatic heterocycles. The van der Waals surface area contributed by atoms with Crippen LogP contribution in [0.3, 0.4) is 0 Å². The van der Waals surface area contributed by atoms with Gasteiger partial charge in [-0.2, -0.15) is 8.61 Å². The fourth-order valence-corrected chi connectivity index (χ4v) is 6.88. The minimum Gasteiger partial charge on any atom is -0.322 e. The number of amides is 1. The van der Waals surface area contributed by atoms with E-state index in [0.717, 1.165) is 25.7 Å². The fraction of sp³-hybridized carbons (Fsp3) is 0.435. The molecule has 10 heteroatoms. The Labute approximate surface area is 196 Å². The molecule has 0 bridgehead atoms. The van der Waals surface area contributed by atoms with Crippen LogP contribution in [0.4, 0.5) is 5.69 Å². The molecule has 180 valence electrons. The van der Waals surface area contributed by atoms with Gasteiger partial charge >= 0.3 is 0 Å². The van der Waals surface area contributed by atoms with Crippen molar-refractivity contribution in [3.63, 3.8) is 0 Å². The molecule has 0 aliphatic carbocycles. The average molecular weight is 494 g/mol. The number of hydrogen-bond donors (Lipinski definition) is 1. The van der Waals surface area contributed by atoms with Crippen molar-refractivity contribution in [1.82, 2.24) is 8.61 Å². The summed E-state index contributed by atoms with van der Waals surface area (Å²) in [7, 11) is -7.24. The van der Waals surface area contributed by atoms with Crippen molar-refractivity contribution in [2.45, 2.75) is 49.3 Å². The Morgan fingerprint density at radius 1 is 0.879 bits per heavy atom. The first-order chi connectivity index (χ1) is 15.7. The van der Waals surface area contributed by atoms with Gasteiger partial charge in [0.05, 0.1) is 9.79 Å². The number of nitrogens with zero attached hydrogens (tertiary/aromatic N) is 2. The number of nitrogens with one attached hydrogen (secondary N) is 1. The van der Waals surface area contributed by atoms with Gasteiger partial charge in [-0.05, 0) is 55.3 Å². The molecule has 1 fully saturated rings. The van der Waals surface area contributed by atoms with E-state index in [1.54, 1.807) is 26.0 Å². The van der Waals surface area contributed by atoms with E-state index in [-0.39, 0.29) is 15.4 Å². The van der Waals surface area contributed by atoms with Gasteiger partial charge in [-0.3, -0.25) is 4.79 Å². The lowest BCUT2D eigenvalue weighted by Gasteiger charge is -2.20. The Morgan fingerprint density at radius 2 is 1.48 bits per heavy atom. The minimum absolute atomic E-state index is 0.119. The number of hydrogen-bond acceptors (Lipinski definition) is 5. The molecule has 0 atom stereocenters. The largest absolute Gasteiger partial charge is 0.322 e. The first-order valence-corrected chi connectivity index (χ1v) is 14.1. The summed E-state index contributed by atoms with van der Waals surface area (Å²) in [5.41, 5.74) is 0.630. The highest BCUT2D eigenvalue weighted by atomic mass is 32.2. The molecule has 1 saturated heterocycles. The van der Waals surface area contributed by atoms with Crippen LogP contribution in [0.2, 0.25) is 0 Å². The molecule has 2 aromatic rings. The smallest absolute Gasteiger partial charge is 0.255 e. The maximum absolute atomic E-state index is 13.0. The van der Waals surface area contributed by atoms with E-state index in [1.165, 1.54) is 45.0 Å². The zero-order chi connectivity index (χ0) is 24.1. The molecule has 1 heterocycles. The lowest BCUT2D eigenvalue weighted by Crippen LogP contribution is -2.32. The quantitative estimate of drug-likeness (QED) is 0.606. The predicted octanol–water partition coefficient (Wildman–Crippen LogP) is 3.53. The zero-order valence-electron chi connectivity index (χ0n) is 19.0. The van der Waals surface area contributed by atoms with Crippen molar-refractivity contribution < 1.29 is 21.6 Å². The summed E-state index contributed by atoms with van der Waals surface area (Å²) in [6.07, 6.45) is 3.74. The summed E-state index contributed by atoms with van der Waals surface area (Å²) in [5.74, 6) is -0.453. The number of benzene rings is 2. The topological polar surface area (TPSA) is 104 Å². The first-order valence-electron chi connectivity index (χ1n) is 11.2. The van der Waals surface area contributed by atoms with Gasteiger partial charge in [0.25, 0.3) is 5.91 Å². The Hall–Kier alpha value is -2.27. The third-order valence-electron chi connectivity index (χ3n) is 5.75. The molecule has 1 N–H and O–H groups in total. The van der Waals surface area contributed by atoms with E-state index in [4.69, 9.17) is 0 Å². The first kappa shape index (κ1) is 25.4. The Kier molecular flexibility index (Phi) is 8.28. The van der Waals surface area contributed by atoms with Crippen molar-refractivity contribution in [2.75, 3.05) is 31.5 Å². The van der Waals surface area contributed by atoms with Gasteiger partial charge in [-0.1, -0.05) is 32.8 Å². The molecule has 2 aromatic carbocycles. The Balaban J connectivity index is 1.76. The molecule has 0 radical (unpaired) electrons. The van der Waals surface area contributed by atoms with E-state index in [9.17, 15) is 21.6 Å². The van der Waals surface area contributed by atoms with Gasteiger partial charge in [0, 0.05) is 37.4 Å². The summed E-state index contributed by atoms with van der Waals surface area (Å²) in [4.78, 5) is 13.0. The van der Waals surface area contributed by atoms with Crippen molar-refractivity contribution in [1.29, 1.82) is 0 Å². The molecule has 1 aliphatic heterocycles. The SMILES string of the molecule is CCN(CC)S(=O)(=O)c1ccc(C(=O)Nc2cccc(S(=O)(=O)N3CCCCCC3)c2)cc1. The van der Waals surface area contributed by atoms with Crippen molar-refractivity contribution in [3.05, 3.63) is 54.1 Å². The molecule has 1 amide bonds. The molecule has 33 heavy (non-hydrogen) atoms. The van der Waals surface area contributed by atoms with Crippen LogP contribution in [0.1, 0.15) is 49.9 Å². The molecule has 8 nitrogen and oxygen atoms in total. The van der Waals surface area contributed by atoms with Crippen LogP contribution in [0, 0.1) is 0 Å². The lowest BCUT2D eigenvalue weighted by molar-refractivity contribution is 0.102. The Bertz CT molecular complexity index is 1170. The number of carbonyl (C=O) groups excluding carboxylic acids is 1. The van der Waals surface area contributed by atoms with E-state index < -0.39 is 26.0 Å². The van der Waals surface area contributed by atoms with Crippen LogP contribution >= 0.6 is 0 Å². The second-order valence-corrected chi connectivity index (χ2v) is 11.8. The van der Waals surface area contributed by atoms with Gasteiger partial charge in [0.15, 0.2) is 0 Å². The predicted molar refractivity (Wildman–Crippen MR) is 128 cm³/mol. The standard InChI is InChI=1S/C23H31N3O5S2/c1-3-25(4-2)32(28,29)21-14-12-19(13-15-21)23(27)24-20-10-9-11-22(18-20)33(30,31)26-16-7-5-6-8-17-26/h9-15,18H,3-8,16-17H2,1-2H3,(H,24,27). The molecule has 0 unspecified atom stereocenters. The monoisotopic (exact) mass is 493 g/mol. The number of carbonyl (C=O) groups is 1. The maximum Gasteiger partial charge on any atom is 0.255 e. The van der Waals surface area contributed by atoms with Gasteiger partial charge in [0.2, 0.25) is 20.0 Å². The van der Waals surface area contributed by atoms with E-state index >= 15 is 0 Å². The second-order valence-electron chi connectivity index (χ2n) is 7.91. The van der Waals surface area contributed by atoms with Crippen molar-refractivity contribution in [3.8, 4) is 0 Å². The number of anilines is 1. The molecule has 3 rings (SSSR count). The van der Waals surface area contributed by atoms with Gasteiger partial charge in [0.1, 0.15) is 0 Å². The molecule has 1 aliphatic rings. The van der Waals surface area contributed by atoms with Crippen LogP contribution in [-0.2, 0) is 20.0 Å². The second kappa shape index (κ2) is 10.8. The van der Waals surface area contributed by atoms with Crippen molar-refractivity contribution in [2.24, 2.45) is 0 Å². The Morgan fingerprint density at radius 3 is 2.06 bits per heavy atom. The number of rotatable bonds is 8. The average Bonchev–Trinajstić information content (AvgIpc) is 3.10. The zero-order valence-corrected chi connectivity index (χ0v) is 20.7. The van der Waals surface area contributed by atoms with Gasteiger partial charge in [-0.25, -0.2) is 16.8 Å². The highest BCUT2D eigenvalue weighted by Crippen LogP contribution is 2.23. The summed E-state index contributed by atoms with van der Waals surface area (Å²) in [5, 5.41) is 2.71. The molecular formula is C23H31N3O5S2. The van der Waals surface area contributed by atoms with E-state index in [0.29, 0.717) is 31.9 Å².